The normalized spacial score (nSPS) is 11.1. The van der Waals surface area contributed by atoms with E-state index in [2.05, 4.69) is 4.74 Å². The van der Waals surface area contributed by atoms with Crippen LogP contribution in [0.1, 0.15) is 21.9 Å². The second-order valence-electron chi connectivity index (χ2n) is 5.51. The number of hydrogen-bond donors (Lipinski definition) is 0. The molecule has 0 bridgehead atoms. The zero-order chi connectivity index (χ0) is 19.1. The summed E-state index contributed by atoms with van der Waals surface area (Å²) >= 11 is 0. The van der Waals surface area contributed by atoms with E-state index < -0.39 is 6.61 Å². The van der Waals surface area contributed by atoms with E-state index in [1.54, 1.807) is 12.1 Å². The highest BCUT2D eigenvalue weighted by Gasteiger charge is 2.08. The summed E-state index contributed by atoms with van der Waals surface area (Å²) in [4.78, 5) is 12.2. The Balaban J connectivity index is 1.59. The first-order valence-electron chi connectivity index (χ1n) is 8.14. The van der Waals surface area contributed by atoms with Crippen molar-refractivity contribution in [1.29, 1.82) is 0 Å². The van der Waals surface area contributed by atoms with Crippen LogP contribution in [0.25, 0.3) is 6.08 Å². The molecule has 27 heavy (non-hydrogen) atoms. The van der Waals surface area contributed by atoms with Gasteiger partial charge in [-0.1, -0.05) is 30.3 Å². The molecule has 0 N–H and O–H groups in total. The van der Waals surface area contributed by atoms with Crippen LogP contribution in [0.2, 0.25) is 0 Å². The first kappa shape index (κ1) is 18.4. The van der Waals surface area contributed by atoms with Gasteiger partial charge in [-0.05, 0) is 48.6 Å². The Labute approximate surface area is 154 Å². The number of allylic oxidation sites excluding steroid dienone is 1. The van der Waals surface area contributed by atoms with Crippen molar-refractivity contribution in [3.63, 3.8) is 0 Å². The maximum atomic E-state index is 12.3. The summed E-state index contributed by atoms with van der Waals surface area (Å²) in [6, 6.07) is 18.4. The van der Waals surface area contributed by atoms with Crippen LogP contribution in [0, 0.1) is 0 Å². The van der Waals surface area contributed by atoms with Crippen molar-refractivity contribution in [2.24, 2.45) is 0 Å². The van der Waals surface area contributed by atoms with Crippen LogP contribution in [-0.2, 0) is 6.61 Å². The Bertz CT molecular complexity index is 917. The van der Waals surface area contributed by atoms with Crippen LogP contribution in [-0.4, -0.2) is 12.4 Å². The van der Waals surface area contributed by atoms with Gasteiger partial charge in [-0.15, -0.1) is 0 Å². The fourth-order valence-electron chi connectivity index (χ4n) is 2.31. The molecule has 0 fully saturated rings. The molecular weight excluding hydrogens is 354 g/mol. The number of benzene rings is 2. The fraction of sp³-hybridized carbons (Fsp3) is 0.0952. The molecule has 0 unspecified atom stereocenters. The number of ketones is 1. The number of alkyl halides is 2. The molecule has 0 radical (unpaired) electrons. The van der Waals surface area contributed by atoms with Gasteiger partial charge < -0.3 is 13.9 Å². The van der Waals surface area contributed by atoms with Crippen molar-refractivity contribution in [3.8, 4) is 11.5 Å². The smallest absolute Gasteiger partial charge is 0.387 e. The van der Waals surface area contributed by atoms with Gasteiger partial charge in [0.1, 0.15) is 29.6 Å². The Hall–Kier alpha value is -3.41. The Morgan fingerprint density at radius 3 is 2.56 bits per heavy atom. The number of hydrogen-bond acceptors (Lipinski definition) is 4. The van der Waals surface area contributed by atoms with E-state index in [9.17, 15) is 13.6 Å². The van der Waals surface area contributed by atoms with Crippen molar-refractivity contribution in [1.82, 2.24) is 0 Å². The van der Waals surface area contributed by atoms with Crippen molar-refractivity contribution < 1.29 is 27.5 Å². The third-order valence-electron chi connectivity index (χ3n) is 3.55. The van der Waals surface area contributed by atoms with E-state index >= 15 is 0 Å². The van der Waals surface area contributed by atoms with Crippen LogP contribution >= 0.6 is 0 Å². The number of rotatable bonds is 8. The highest BCUT2D eigenvalue weighted by atomic mass is 19.3. The summed E-state index contributed by atoms with van der Waals surface area (Å²) < 4.78 is 40.0. The minimum Gasteiger partial charge on any atom is -0.486 e. The molecule has 3 rings (SSSR count). The van der Waals surface area contributed by atoms with Crippen LogP contribution < -0.4 is 9.47 Å². The molecule has 0 saturated heterocycles. The monoisotopic (exact) mass is 370 g/mol. The lowest BCUT2D eigenvalue weighted by Gasteiger charge is -2.04. The highest BCUT2D eigenvalue weighted by Crippen LogP contribution is 2.18. The number of furan rings is 1. The van der Waals surface area contributed by atoms with Gasteiger partial charge in [-0.3, -0.25) is 4.79 Å². The van der Waals surface area contributed by atoms with Gasteiger partial charge >= 0.3 is 6.61 Å². The van der Waals surface area contributed by atoms with E-state index in [0.29, 0.717) is 11.5 Å². The van der Waals surface area contributed by atoms with E-state index in [0.717, 1.165) is 5.75 Å². The molecule has 0 aliphatic carbocycles. The first-order chi connectivity index (χ1) is 13.1. The summed E-state index contributed by atoms with van der Waals surface area (Å²) in [6.07, 6.45) is 2.82. The highest BCUT2D eigenvalue weighted by molar-refractivity contribution is 6.06. The number of ether oxygens (including phenoxy) is 2. The molecule has 0 aliphatic heterocycles. The van der Waals surface area contributed by atoms with Crippen molar-refractivity contribution in [3.05, 3.63) is 89.9 Å². The quantitative estimate of drug-likeness (QED) is 0.396. The average molecular weight is 370 g/mol. The molecule has 6 heteroatoms. The van der Waals surface area contributed by atoms with E-state index in [-0.39, 0.29) is 23.7 Å². The Morgan fingerprint density at radius 2 is 1.78 bits per heavy atom. The summed E-state index contributed by atoms with van der Waals surface area (Å²) in [5.41, 5.74) is 0.239. The summed E-state index contributed by atoms with van der Waals surface area (Å²) in [6.45, 7) is -2.68. The molecule has 4 nitrogen and oxygen atoms in total. The van der Waals surface area contributed by atoms with Crippen molar-refractivity contribution in [2.75, 3.05) is 0 Å². The molecule has 3 aromatic rings. The molecule has 0 aliphatic rings. The Morgan fingerprint density at radius 1 is 1.00 bits per heavy atom. The number of para-hydroxylation sites is 1. The lowest BCUT2D eigenvalue weighted by atomic mass is 10.1. The van der Waals surface area contributed by atoms with E-state index in [1.165, 1.54) is 36.4 Å². The maximum absolute atomic E-state index is 12.3. The molecular formula is C21H16F2O4. The SMILES string of the molecule is O=C(/C=C/c1ccc(COc2ccccc2)o1)c1cccc(OC(F)F)c1. The zero-order valence-corrected chi connectivity index (χ0v) is 14.2. The van der Waals surface area contributed by atoms with Crippen molar-refractivity contribution >= 4 is 11.9 Å². The van der Waals surface area contributed by atoms with Gasteiger partial charge in [0.15, 0.2) is 5.78 Å². The lowest BCUT2D eigenvalue weighted by molar-refractivity contribution is -0.0498. The van der Waals surface area contributed by atoms with Crippen LogP contribution in [0.5, 0.6) is 11.5 Å². The molecule has 0 spiro atoms. The second-order valence-corrected chi connectivity index (χ2v) is 5.51. The van der Waals surface area contributed by atoms with Crippen molar-refractivity contribution in [2.45, 2.75) is 13.2 Å². The van der Waals surface area contributed by atoms with Crippen LogP contribution in [0.15, 0.2) is 77.2 Å². The summed E-state index contributed by atoms with van der Waals surface area (Å²) in [5, 5.41) is 0. The summed E-state index contributed by atoms with van der Waals surface area (Å²) in [7, 11) is 0. The zero-order valence-electron chi connectivity index (χ0n) is 14.2. The van der Waals surface area contributed by atoms with Crippen LogP contribution in [0.4, 0.5) is 8.78 Å². The topological polar surface area (TPSA) is 48.7 Å². The first-order valence-corrected chi connectivity index (χ1v) is 8.14. The second kappa shape index (κ2) is 8.80. The van der Waals surface area contributed by atoms with Gasteiger partial charge in [0, 0.05) is 5.56 Å². The third-order valence-corrected chi connectivity index (χ3v) is 3.55. The molecule has 0 atom stereocenters. The maximum Gasteiger partial charge on any atom is 0.387 e. The predicted octanol–water partition coefficient (Wildman–Crippen LogP) is 5.36. The van der Waals surface area contributed by atoms with Gasteiger partial charge in [-0.25, -0.2) is 0 Å². The van der Waals surface area contributed by atoms with E-state index in [4.69, 9.17) is 9.15 Å². The van der Waals surface area contributed by atoms with Gasteiger partial charge in [-0.2, -0.15) is 8.78 Å². The molecule has 2 aromatic carbocycles. The fourth-order valence-corrected chi connectivity index (χ4v) is 2.31. The summed E-state index contributed by atoms with van der Waals surface area (Å²) in [5.74, 6) is 1.40. The number of halogens is 2. The van der Waals surface area contributed by atoms with E-state index in [1.807, 2.05) is 30.3 Å². The minimum atomic E-state index is -2.94. The molecule has 138 valence electrons. The third kappa shape index (κ3) is 5.54. The minimum absolute atomic E-state index is 0.0670. The predicted molar refractivity (Wildman–Crippen MR) is 95.9 cm³/mol. The number of carbonyl (C=O) groups excluding carboxylic acids is 1. The van der Waals surface area contributed by atoms with Crippen LogP contribution in [0.3, 0.4) is 0 Å². The lowest BCUT2D eigenvalue weighted by Crippen LogP contribution is -2.03. The van der Waals surface area contributed by atoms with Gasteiger partial charge in [0.05, 0.1) is 0 Å². The molecule has 0 saturated carbocycles. The molecule has 0 amide bonds. The molecule has 1 heterocycles. The standard InChI is InChI=1S/C21H16F2O4/c22-21(23)27-18-8-4-5-15(13-18)20(24)12-11-17-9-10-19(26-17)14-25-16-6-2-1-3-7-16/h1-13,21H,14H2/b12-11+. The number of carbonyl (C=O) groups is 1. The largest absolute Gasteiger partial charge is 0.486 e. The van der Waals surface area contributed by atoms with Gasteiger partial charge in [0.25, 0.3) is 0 Å². The Kier molecular flexibility index (Phi) is 5.99. The average Bonchev–Trinajstić information content (AvgIpc) is 3.13. The molecule has 1 aromatic heterocycles. The van der Waals surface area contributed by atoms with Gasteiger partial charge in [0.2, 0.25) is 0 Å².